The van der Waals surface area contributed by atoms with Crippen molar-refractivity contribution in [3.05, 3.63) is 29.8 Å². The van der Waals surface area contributed by atoms with Crippen molar-refractivity contribution in [1.82, 2.24) is 0 Å². The van der Waals surface area contributed by atoms with E-state index in [1.807, 2.05) is 12.1 Å². The minimum Gasteiger partial charge on any atom is -0.497 e. The Morgan fingerprint density at radius 1 is 1.32 bits per heavy atom. The fourth-order valence-electron chi connectivity index (χ4n) is 3.37. The van der Waals surface area contributed by atoms with Crippen molar-refractivity contribution < 1.29 is 9.84 Å². The Kier molecular flexibility index (Phi) is 4.51. The molecule has 0 aromatic heterocycles. The summed E-state index contributed by atoms with van der Waals surface area (Å²) in [6.07, 6.45) is 5.32. The highest BCUT2D eigenvalue weighted by Crippen LogP contribution is 2.45. The van der Waals surface area contributed by atoms with Gasteiger partial charge in [-0.2, -0.15) is 0 Å². The molecule has 0 amide bonds. The molecule has 106 valence electrons. The molecule has 0 heterocycles. The Bertz CT molecular complexity index is 394. The van der Waals surface area contributed by atoms with Crippen LogP contribution in [0.15, 0.2) is 24.3 Å². The predicted octanol–water partition coefficient (Wildman–Crippen LogP) is 3.82. The zero-order valence-corrected chi connectivity index (χ0v) is 12.4. The molecule has 2 atom stereocenters. The van der Waals surface area contributed by atoms with Gasteiger partial charge in [-0.25, -0.2) is 0 Å². The van der Waals surface area contributed by atoms with Gasteiger partial charge in [0, 0.05) is 0 Å². The van der Waals surface area contributed by atoms with Crippen molar-refractivity contribution in [1.29, 1.82) is 0 Å². The fraction of sp³-hybridized carbons (Fsp3) is 0.647. The topological polar surface area (TPSA) is 29.5 Å². The number of aliphatic hydroxyl groups is 1. The van der Waals surface area contributed by atoms with Gasteiger partial charge < -0.3 is 9.84 Å². The Balaban J connectivity index is 1.87. The van der Waals surface area contributed by atoms with E-state index in [-0.39, 0.29) is 6.10 Å². The quantitative estimate of drug-likeness (QED) is 0.874. The van der Waals surface area contributed by atoms with Crippen molar-refractivity contribution in [3.8, 4) is 5.75 Å². The lowest BCUT2D eigenvalue weighted by molar-refractivity contribution is 0.0478. The SMILES string of the molecule is COc1ccc(CCC(O)C2CCCC2(C)C)cc1. The van der Waals surface area contributed by atoms with E-state index < -0.39 is 0 Å². The largest absolute Gasteiger partial charge is 0.497 e. The molecule has 0 radical (unpaired) electrons. The minimum atomic E-state index is -0.167. The van der Waals surface area contributed by atoms with Crippen molar-refractivity contribution in [2.24, 2.45) is 11.3 Å². The maximum absolute atomic E-state index is 10.4. The highest BCUT2D eigenvalue weighted by molar-refractivity contribution is 5.27. The van der Waals surface area contributed by atoms with Crippen molar-refractivity contribution in [2.45, 2.75) is 52.1 Å². The van der Waals surface area contributed by atoms with Crippen LogP contribution in [0, 0.1) is 11.3 Å². The first-order valence-corrected chi connectivity index (χ1v) is 7.34. The molecular weight excluding hydrogens is 236 g/mol. The van der Waals surface area contributed by atoms with Gasteiger partial charge in [-0.3, -0.25) is 0 Å². The van der Waals surface area contributed by atoms with E-state index >= 15 is 0 Å². The molecule has 0 spiro atoms. The molecule has 2 heteroatoms. The molecule has 0 bridgehead atoms. The summed E-state index contributed by atoms with van der Waals surface area (Å²) in [6.45, 7) is 4.59. The Hall–Kier alpha value is -1.02. The van der Waals surface area contributed by atoms with Gasteiger partial charge in [0.2, 0.25) is 0 Å². The Labute approximate surface area is 116 Å². The number of aliphatic hydroxyl groups excluding tert-OH is 1. The van der Waals surface area contributed by atoms with Crippen LogP contribution < -0.4 is 4.74 Å². The normalized spacial score (nSPS) is 23.3. The minimum absolute atomic E-state index is 0.167. The van der Waals surface area contributed by atoms with E-state index in [2.05, 4.69) is 26.0 Å². The number of aryl methyl sites for hydroxylation is 1. The second-order valence-electron chi connectivity index (χ2n) is 6.44. The van der Waals surface area contributed by atoms with Crippen LogP contribution in [0.2, 0.25) is 0 Å². The summed E-state index contributed by atoms with van der Waals surface area (Å²) in [5.74, 6) is 1.35. The molecule has 1 aliphatic carbocycles. The maximum Gasteiger partial charge on any atom is 0.118 e. The van der Waals surface area contributed by atoms with Crippen molar-refractivity contribution in [2.75, 3.05) is 7.11 Å². The molecular formula is C17H26O2. The second-order valence-corrected chi connectivity index (χ2v) is 6.44. The third-order valence-electron chi connectivity index (χ3n) is 4.69. The third-order valence-corrected chi connectivity index (χ3v) is 4.69. The van der Waals surface area contributed by atoms with E-state index in [9.17, 15) is 5.11 Å². The lowest BCUT2D eigenvalue weighted by Crippen LogP contribution is -2.30. The van der Waals surface area contributed by atoms with Crippen LogP contribution in [0.3, 0.4) is 0 Å². The maximum atomic E-state index is 10.4. The van der Waals surface area contributed by atoms with Gasteiger partial charge in [-0.15, -0.1) is 0 Å². The average molecular weight is 262 g/mol. The van der Waals surface area contributed by atoms with E-state index in [0.717, 1.165) is 18.6 Å². The van der Waals surface area contributed by atoms with E-state index in [1.165, 1.54) is 24.8 Å². The van der Waals surface area contributed by atoms with Gasteiger partial charge in [0.25, 0.3) is 0 Å². The first-order valence-electron chi connectivity index (χ1n) is 7.34. The summed E-state index contributed by atoms with van der Waals surface area (Å²) in [5.41, 5.74) is 1.58. The molecule has 1 aliphatic rings. The number of hydrogen-bond acceptors (Lipinski definition) is 2. The summed E-state index contributed by atoms with van der Waals surface area (Å²) < 4.78 is 5.15. The monoisotopic (exact) mass is 262 g/mol. The summed E-state index contributed by atoms with van der Waals surface area (Å²) >= 11 is 0. The van der Waals surface area contributed by atoms with Crippen molar-refractivity contribution in [3.63, 3.8) is 0 Å². The van der Waals surface area contributed by atoms with Gasteiger partial charge in [-0.1, -0.05) is 32.4 Å². The highest BCUT2D eigenvalue weighted by Gasteiger charge is 2.38. The summed E-state index contributed by atoms with van der Waals surface area (Å²) in [6, 6.07) is 8.15. The molecule has 1 N–H and O–H groups in total. The molecule has 1 aromatic carbocycles. The molecule has 2 unspecified atom stereocenters. The molecule has 2 rings (SSSR count). The van der Waals surface area contributed by atoms with E-state index in [0.29, 0.717) is 11.3 Å². The lowest BCUT2D eigenvalue weighted by atomic mass is 9.77. The molecule has 0 aliphatic heterocycles. The Morgan fingerprint density at radius 2 is 2.00 bits per heavy atom. The number of methoxy groups -OCH3 is 1. The van der Waals surface area contributed by atoms with Crippen molar-refractivity contribution >= 4 is 0 Å². The molecule has 1 aromatic rings. The predicted molar refractivity (Wildman–Crippen MR) is 78.4 cm³/mol. The van der Waals surface area contributed by atoms with Crippen LogP contribution in [0.25, 0.3) is 0 Å². The third kappa shape index (κ3) is 3.50. The molecule has 2 nitrogen and oxygen atoms in total. The summed E-state index contributed by atoms with van der Waals surface area (Å²) in [4.78, 5) is 0. The molecule has 1 saturated carbocycles. The standard InChI is InChI=1S/C17H26O2/c1-17(2)12-4-5-15(17)16(18)11-8-13-6-9-14(19-3)10-7-13/h6-7,9-10,15-16,18H,4-5,8,11-12H2,1-3H3. The number of ether oxygens (including phenoxy) is 1. The average Bonchev–Trinajstić information content (AvgIpc) is 2.76. The number of benzene rings is 1. The smallest absolute Gasteiger partial charge is 0.118 e. The van der Waals surface area contributed by atoms with Crippen LogP contribution in [0.1, 0.15) is 45.1 Å². The van der Waals surface area contributed by atoms with Gasteiger partial charge in [-0.05, 0) is 54.7 Å². The van der Waals surface area contributed by atoms with E-state index in [4.69, 9.17) is 4.74 Å². The number of hydrogen-bond donors (Lipinski definition) is 1. The van der Waals surface area contributed by atoms with E-state index in [1.54, 1.807) is 7.11 Å². The summed E-state index contributed by atoms with van der Waals surface area (Å²) in [7, 11) is 1.68. The van der Waals surface area contributed by atoms with Crippen LogP contribution in [0.4, 0.5) is 0 Å². The van der Waals surface area contributed by atoms with Crippen LogP contribution in [0.5, 0.6) is 5.75 Å². The Morgan fingerprint density at radius 3 is 2.53 bits per heavy atom. The number of rotatable bonds is 5. The molecule has 1 fully saturated rings. The molecule has 19 heavy (non-hydrogen) atoms. The fourth-order valence-corrected chi connectivity index (χ4v) is 3.37. The first-order chi connectivity index (χ1) is 9.03. The highest BCUT2D eigenvalue weighted by atomic mass is 16.5. The van der Waals surface area contributed by atoms with Crippen LogP contribution >= 0.6 is 0 Å². The van der Waals surface area contributed by atoms with Crippen LogP contribution in [-0.4, -0.2) is 18.3 Å². The van der Waals surface area contributed by atoms with Crippen LogP contribution in [-0.2, 0) is 6.42 Å². The summed E-state index contributed by atoms with van der Waals surface area (Å²) in [5, 5.41) is 10.4. The van der Waals surface area contributed by atoms with Gasteiger partial charge in [0.05, 0.1) is 13.2 Å². The zero-order chi connectivity index (χ0) is 13.9. The second kappa shape index (κ2) is 5.96. The zero-order valence-electron chi connectivity index (χ0n) is 12.4. The van der Waals surface area contributed by atoms with Gasteiger partial charge in [0.1, 0.15) is 5.75 Å². The lowest BCUT2D eigenvalue weighted by Gasteiger charge is -2.31. The molecule has 0 saturated heterocycles. The van der Waals surface area contributed by atoms with Gasteiger partial charge in [0.15, 0.2) is 0 Å². The van der Waals surface area contributed by atoms with Gasteiger partial charge >= 0.3 is 0 Å². The first kappa shape index (κ1) is 14.4.